The minimum atomic E-state index is -1.39. The van der Waals surface area contributed by atoms with Crippen LogP contribution in [0.4, 0.5) is 13.2 Å². The number of amidine groups is 1. The summed E-state index contributed by atoms with van der Waals surface area (Å²) in [6, 6.07) is 10.9. The second-order valence-electron chi connectivity index (χ2n) is 11.3. The van der Waals surface area contributed by atoms with Gasteiger partial charge in [0.05, 0.1) is 6.04 Å². The summed E-state index contributed by atoms with van der Waals surface area (Å²) in [4.78, 5) is 34.7. The number of rotatable bonds is 9. The largest absolute Gasteiger partial charge is 0.347 e. The zero-order chi connectivity index (χ0) is 29.9. The minimum Gasteiger partial charge on any atom is -0.347 e. The molecule has 1 atom stereocenters. The zero-order valence-corrected chi connectivity index (χ0v) is 24.1. The summed E-state index contributed by atoms with van der Waals surface area (Å²) < 4.78 is 41.8. The smallest absolute Gasteiger partial charge is 0.265 e. The zero-order valence-electron chi connectivity index (χ0n) is 24.1. The van der Waals surface area contributed by atoms with Crippen molar-refractivity contribution in [3.05, 3.63) is 94.8 Å². The number of nitrogens with one attached hydrogen (secondary N) is 1. The van der Waals surface area contributed by atoms with Crippen LogP contribution in [0.2, 0.25) is 0 Å². The van der Waals surface area contributed by atoms with Gasteiger partial charge in [0.15, 0.2) is 5.54 Å². The lowest BCUT2D eigenvalue weighted by Crippen LogP contribution is -2.43. The summed E-state index contributed by atoms with van der Waals surface area (Å²) in [5.74, 6) is -0.571. The van der Waals surface area contributed by atoms with Crippen molar-refractivity contribution in [2.24, 2.45) is 10.9 Å². The molecule has 222 valence electrons. The Bertz CT molecular complexity index is 1350. The topological polar surface area (TPSA) is 65.0 Å². The number of amides is 2. The third-order valence-electron chi connectivity index (χ3n) is 8.65. The molecule has 6 nitrogen and oxygen atoms in total. The molecular formula is C33H37F3N4O2. The first kappa shape index (κ1) is 29.8. The van der Waals surface area contributed by atoms with Gasteiger partial charge in [0.2, 0.25) is 5.91 Å². The highest BCUT2D eigenvalue weighted by Gasteiger charge is 2.49. The predicted molar refractivity (Wildman–Crippen MR) is 156 cm³/mol. The molecule has 0 bridgehead atoms. The number of carbonyl (C=O) groups excluding carboxylic acids is 2. The Morgan fingerprint density at radius 3 is 2.12 bits per heavy atom. The number of likely N-dealkylation sites (tertiary alicyclic amines) is 1. The summed E-state index contributed by atoms with van der Waals surface area (Å²) in [6.07, 6.45) is 6.86. The summed E-state index contributed by atoms with van der Waals surface area (Å²) in [6.45, 7) is 6.64. The Hall–Kier alpha value is -3.72. The molecular weight excluding hydrogens is 541 g/mol. The fraction of sp³-hybridized carbons (Fsp3) is 0.424. The monoisotopic (exact) mass is 578 g/mol. The summed E-state index contributed by atoms with van der Waals surface area (Å²) >= 11 is 0. The molecule has 1 N–H and O–H groups in total. The van der Waals surface area contributed by atoms with E-state index in [0.29, 0.717) is 42.3 Å². The molecule has 1 unspecified atom stereocenters. The van der Waals surface area contributed by atoms with Gasteiger partial charge in [-0.15, -0.1) is 0 Å². The van der Waals surface area contributed by atoms with E-state index in [2.05, 4.69) is 10.2 Å². The molecule has 1 fully saturated rings. The normalized spacial score (nSPS) is 21.2. The van der Waals surface area contributed by atoms with Crippen LogP contribution in [0.3, 0.4) is 0 Å². The Kier molecular flexibility index (Phi) is 8.96. The van der Waals surface area contributed by atoms with E-state index in [9.17, 15) is 22.8 Å². The molecule has 2 heterocycles. The second kappa shape index (κ2) is 12.7. The molecule has 42 heavy (non-hydrogen) atoms. The fourth-order valence-electron chi connectivity index (χ4n) is 6.28. The first-order chi connectivity index (χ1) is 20.2. The number of nitrogens with zero attached hydrogens (tertiary/aromatic N) is 3. The van der Waals surface area contributed by atoms with E-state index in [1.807, 2.05) is 6.08 Å². The molecule has 9 heteroatoms. The van der Waals surface area contributed by atoms with Crippen molar-refractivity contribution in [2.45, 2.75) is 57.5 Å². The van der Waals surface area contributed by atoms with Gasteiger partial charge in [-0.1, -0.05) is 42.8 Å². The highest BCUT2D eigenvalue weighted by Crippen LogP contribution is 2.40. The lowest BCUT2D eigenvalue weighted by molar-refractivity contribution is -0.130. The van der Waals surface area contributed by atoms with Crippen molar-refractivity contribution in [3.8, 4) is 0 Å². The van der Waals surface area contributed by atoms with Crippen LogP contribution < -0.4 is 5.32 Å². The maximum absolute atomic E-state index is 14.3. The molecule has 2 aliphatic heterocycles. The van der Waals surface area contributed by atoms with E-state index in [1.165, 1.54) is 35.9 Å². The molecule has 3 aliphatic rings. The van der Waals surface area contributed by atoms with Crippen LogP contribution in [0.5, 0.6) is 0 Å². The Morgan fingerprint density at radius 2 is 1.55 bits per heavy atom. The summed E-state index contributed by atoms with van der Waals surface area (Å²) in [5, 5.41) is 2.78. The average molecular weight is 579 g/mol. The van der Waals surface area contributed by atoms with Gasteiger partial charge < -0.3 is 10.2 Å². The van der Waals surface area contributed by atoms with Crippen LogP contribution in [0.15, 0.2) is 77.1 Å². The average Bonchev–Trinajstić information content (AvgIpc) is 3.25. The van der Waals surface area contributed by atoms with Gasteiger partial charge in [0.1, 0.15) is 23.3 Å². The van der Waals surface area contributed by atoms with Crippen LogP contribution in [0.1, 0.15) is 57.1 Å². The maximum atomic E-state index is 14.3. The van der Waals surface area contributed by atoms with Crippen LogP contribution in [-0.2, 0) is 15.1 Å². The van der Waals surface area contributed by atoms with E-state index < -0.39 is 23.2 Å². The van der Waals surface area contributed by atoms with Gasteiger partial charge in [0.25, 0.3) is 5.91 Å². The summed E-state index contributed by atoms with van der Waals surface area (Å²) in [5.41, 5.74) is 0.866. The van der Waals surface area contributed by atoms with E-state index in [1.54, 1.807) is 43.0 Å². The molecule has 2 aromatic carbocycles. The highest BCUT2D eigenvalue weighted by atomic mass is 19.1. The number of hydrogen-bond acceptors (Lipinski definition) is 4. The van der Waals surface area contributed by atoms with Gasteiger partial charge in [0, 0.05) is 13.0 Å². The van der Waals surface area contributed by atoms with E-state index in [4.69, 9.17) is 4.99 Å². The standard InChI is InChI=1S/C33H37F3N4O2/c1-3-31(41)37-30-21-24(5-14-29(30)36)23-15-19-39(20-16-23)17-4-18-40-22(2)38-33(32(40)42,25-6-10-27(34)11-7-25)26-8-12-28(35)13-9-26/h5-14,23,30H,3-4,15-21H2,1-2H3,(H,37,41). The van der Waals surface area contributed by atoms with Crippen LogP contribution >= 0.6 is 0 Å². The minimum absolute atomic E-state index is 0.149. The van der Waals surface area contributed by atoms with Crippen LogP contribution in [0.25, 0.3) is 0 Å². The third-order valence-corrected chi connectivity index (χ3v) is 8.65. The van der Waals surface area contributed by atoms with Crippen molar-refractivity contribution in [1.82, 2.24) is 15.1 Å². The molecule has 0 aromatic heterocycles. The Labute approximate surface area is 245 Å². The number of hydrogen-bond donors (Lipinski definition) is 1. The lowest BCUT2D eigenvalue weighted by atomic mass is 9.82. The van der Waals surface area contributed by atoms with Gasteiger partial charge in [-0.05, 0) is 99.6 Å². The number of piperidine rings is 1. The van der Waals surface area contributed by atoms with Gasteiger partial charge in [-0.3, -0.25) is 14.5 Å². The van der Waals surface area contributed by atoms with Crippen molar-refractivity contribution in [3.63, 3.8) is 0 Å². The fourth-order valence-corrected chi connectivity index (χ4v) is 6.28. The number of aliphatic imine (C=N–C) groups is 1. The molecule has 0 saturated carbocycles. The first-order valence-electron chi connectivity index (χ1n) is 14.7. The van der Waals surface area contributed by atoms with E-state index in [-0.39, 0.29) is 17.6 Å². The van der Waals surface area contributed by atoms with Gasteiger partial charge >= 0.3 is 0 Å². The molecule has 1 aliphatic carbocycles. The number of halogens is 3. The molecule has 1 saturated heterocycles. The predicted octanol–water partition coefficient (Wildman–Crippen LogP) is 5.65. The molecule has 0 radical (unpaired) electrons. The quantitative estimate of drug-likeness (QED) is 0.418. The van der Waals surface area contributed by atoms with Gasteiger partial charge in [-0.2, -0.15) is 0 Å². The SMILES string of the molecule is CCC(=O)NC1CC(C2CCN(CCCN3C(=O)C(c4ccc(F)cc4)(c4ccc(F)cc4)N=C3C)CC2)=CC=C1F. The summed E-state index contributed by atoms with van der Waals surface area (Å²) in [7, 11) is 0. The van der Waals surface area contributed by atoms with E-state index >= 15 is 0 Å². The molecule has 2 aromatic rings. The second-order valence-corrected chi connectivity index (χ2v) is 11.3. The highest BCUT2D eigenvalue weighted by molar-refractivity contribution is 6.09. The molecule has 2 amide bonds. The lowest BCUT2D eigenvalue weighted by Gasteiger charge is -2.35. The number of benzene rings is 2. The van der Waals surface area contributed by atoms with E-state index in [0.717, 1.165) is 38.9 Å². The van der Waals surface area contributed by atoms with Crippen molar-refractivity contribution in [1.29, 1.82) is 0 Å². The van der Waals surface area contributed by atoms with Gasteiger partial charge in [-0.25, -0.2) is 18.2 Å². The van der Waals surface area contributed by atoms with Crippen LogP contribution in [0, 0.1) is 17.6 Å². The van der Waals surface area contributed by atoms with Crippen molar-refractivity contribution >= 4 is 17.6 Å². The molecule has 5 rings (SSSR count). The molecule has 0 spiro atoms. The Morgan fingerprint density at radius 1 is 0.952 bits per heavy atom. The van der Waals surface area contributed by atoms with Crippen LogP contribution in [-0.4, -0.2) is 59.7 Å². The first-order valence-corrected chi connectivity index (χ1v) is 14.7. The number of allylic oxidation sites excluding steroid dienone is 2. The number of carbonyl (C=O) groups is 2. The maximum Gasteiger partial charge on any atom is 0.265 e. The third kappa shape index (κ3) is 6.07. The van der Waals surface area contributed by atoms with Crippen molar-refractivity contribution < 1.29 is 22.8 Å². The van der Waals surface area contributed by atoms with Crippen molar-refractivity contribution in [2.75, 3.05) is 26.2 Å². The Balaban J connectivity index is 1.19.